The Hall–Kier alpha value is -3.38. The number of benzene rings is 3. The van der Waals surface area contributed by atoms with Crippen LogP contribution in [0.5, 0.6) is 0 Å². The quantitative estimate of drug-likeness (QED) is 0.457. The Morgan fingerprint density at radius 3 is 2.58 bits per heavy atom. The van der Waals surface area contributed by atoms with Gasteiger partial charge in [-0.2, -0.15) is 0 Å². The largest absolute Gasteiger partial charge is 0.478 e. The summed E-state index contributed by atoms with van der Waals surface area (Å²) in [7, 11) is 0. The van der Waals surface area contributed by atoms with E-state index in [0.29, 0.717) is 15.8 Å². The fourth-order valence-electron chi connectivity index (χ4n) is 4.56. The molecule has 0 aromatic heterocycles. The normalized spacial score (nSPS) is 19.6. The van der Waals surface area contributed by atoms with Crippen molar-refractivity contribution in [1.29, 1.82) is 0 Å². The van der Waals surface area contributed by atoms with E-state index in [1.807, 2.05) is 35.2 Å². The molecule has 3 aromatic rings. The van der Waals surface area contributed by atoms with Crippen LogP contribution in [0.2, 0.25) is 0 Å². The van der Waals surface area contributed by atoms with Crippen molar-refractivity contribution in [3.63, 3.8) is 0 Å². The molecule has 0 bridgehead atoms. The lowest BCUT2D eigenvalue weighted by Crippen LogP contribution is -2.40. The van der Waals surface area contributed by atoms with E-state index in [0.717, 1.165) is 42.0 Å². The first-order chi connectivity index (χ1) is 16.1. The highest BCUT2D eigenvalue weighted by atomic mass is 32.2. The van der Waals surface area contributed by atoms with Gasteiger partial charge in [0, 0.05) is 6.04 Å². The minimum atomic E-state index is -0.993. The maximum absolute atomic E-state index is 13.6. The van der Waals surface area contributed by atoms with Crippen LogP contribution in [-0.2, 0) is 4.79 Å². The van der Waals surface area contributed by atoms with Crippen molar-refractivity contribution in [2.45, 2.75) is 38.1 Å². The first kappa shape index (κ1) is 21.5. The van der Waals surface area contributed by atoms with Crippen LogP contribution in [0, 0.1) is 0 Å². The summed E-state index contributed by atoms with van der Waals surface area (Å²) in [5.41, 5.74) is 1.72. The number of aromatic carboxylic acids is 1. The van der Waals surface area contributed by atoms with E-state index >= 15 is 0 Å². The smallest absolute Gasteiger partial charge is 0.335 e. The van der Waals surface area contributed by atoms with E-state index in [2.05, 4.69) is 18.2 Å². The Bertz CT molecular complexity index is 1290. The number of aliphatic imine (C=N–C) groups is 1. The van der Waals surface area contributed by atoms with Crippen LogP contribution in [0.1, 0.15) is 48.0 Å². The van der Waals surface area contributed by atoms with Crippen LogP contribution >= 0.6 is 11.8 Å². The third kappa shape index (κ3) is 4.44. The molecular formula is C27H24N2O3S. The van der Waals surface area contributed by atoms with Gasteiger partial charge in [-0.1, -0.05) is 67.8 Å². The molecule has 5 nitrogen and oxygen atoms in total. The van der Waals surface area contributed by atoms with Gasteiger partial charge in [0.15, 0.2) is 5.17 Å². The highest BCUT2D eigenvalue weighted by Crippen LogP contribution is 2.39. The summed E-state index contributed by atoms with van der Waals surface area (Å²) in [5.74, 6) is -1.01. The molecule has 1 aliphatic carbocycles. The summed E-state index contributed by atoms with van der Waals surface area (Å²) in [6.45, 7) is 0. The molecule has 5 rings (SSSR count). The zero-order valence-electron chi connectivity index (χ0n) is 18.1. The molecule has 1 aliphatic heterocycles. The molecule has 0 radical (unpaired) electrons. The van der Waals surface area contributed by atoms with E-state index in [1.54, 1.807) is 24.3 Å². The van der Waals surface area contributed by atoms with E-state index in [-0.39, 0.29) is 17.5 Å². The Kier molecular flexibility index (Phi) is 6.01. The van der Waals surface area contributed by atoms with Crippen LogP contribution in [0.25, 0.3) is 16.8 Å². The number of carbonyl (C=O) groups excluding carboxylic acids is 1. The fraction of sp³-hybridized carbons (Fsp3) is 0.222. The second-order valence-electron chi connectivity index (χ2n) is 8.40. The Labute approximate surface area is 196 Å². The number of thioether (sulfide) groups is 1. The van der Waals surface area contributed by atoms with Gasteiger partial charge in [0.2, 0.25) is 0 Å². The van der Waals surface area contributed by atoms with Gasteiger partial charge < -0.3 is 5.11 Å². The lowest BCUT2D eigenvalue weighted by atomic mass is 9.94. The van der Waals surface area contributed by atoms with Gasteiger partial charge >= 0.3 is 5.97 Å². The second-order valence-corrected chi connectivity index (χ2v) is 9.40. The zero-order valence-corrected chi connectivity index (χ0v) is 18.9. The Balaban J connectivity index is 1.56. The van der Waals surface area contributed by atoms with Crippen LogP contribution < -0.4 is 0 Å². The maximum atomic E-state index is 13.6. The van der Waals surface area contributed by atoms with Crippen molar-refractivity contribution in [3.05, 3.63) is 82.8 Å². The summed E-state index contributed by atoms with van der Waals surface area (Å²) >= 11 is 1.37. The fourth-order valence-corrected chi connectivity index (χ4v) is 5.61. The van der Waals surface area contributed by atoms with Crippen molar-refractivity contribution in [3.8, 4) is 0 Å². The number of nitrogens with zero attached hydrogens (tertiary/aromatic N) is 2. The molecule has 0 atom stereocenters. The van der Waals surface area contributed by atoms with Crippen molar-refractivity contribution >= 4 is 51.3 Å². The van der Waals surface area contributed by atoms with Crippen molar-refractivity contribution in [1.82, 2.24) is 4.90 Å². The predicted octanol–water partition coefficient (Wildman–Crippen LogP) is 6.47. The summed E-state index contributed by atoms with van der Waals surface area (Å²) in [6.07, 6.45) is 7.27. The number of carboxylic acid groups (broad SMARTS) is 1. The number of hydrogen-bond acceptors (Lipinski definition) is 4. The lowest BCUT2D eigenvalue weighted by Gasteiger charge is -2.30. The zero-order chi connectivity index (χ0) is 22.8. The summed E-state index contributed by atoms with van der Waals surface area (Å²) < 4.78 is 0. The number of carboxylic acids is 1. The third-order valence-electron chi connectivity index (χ3n) is 6.20. The molecule has 1 amide bonds. The van der Waals surface area contributed by atoms with Gasteiger partial charge in [0.1, 0.15) is 0 Å². The van der Waals surface area contributed by atoms with Crippen LogP contribution in [0.15, 0.2) is 76.6 Å². The average molecular weight is 457 g/mol. The van der Waals surface area contributed by atoms with E-state index < -0.39 is 5.97 Å². The molecule has 1 saturated carbocycles. The molecule has 166 valence electrons. The summed E-state index contributed by atoms with van der Waals surface area (Å²) in [6, 6.07) is 20.9. The van der Waals surface area contributed by atoms with Crippen LogP contribution in [0.3, 0.4) is 0 Å². The molecule has 0 unspecified atom stereocenters. The highest BCUT2D eigenvalue weighted by Gasteiger charge is 2.38. The monoisotopic (exact) mass is 456 g/mol. The highest BCUT2D eigenvalue weighted by molar-refractivity contribution is 8.18. The lowest BCUT2D eigenvalue weighted by molar-refractivity contribution is -0.124. The van der Waals surface area contributed by atoms with Gasteiger partial charge in [-0.3, -0.25) is 9.69 Å². The molecule has 1 N–H and O–H groups in total. The number of amidine groups is 1. The number of fused-ring (bicyclic) bond motifs is 1. The number of carbonyl (C=O) groups is 2. The predicted molar refractivity (Wildman–Crippen MR) is 134 cm³/mol. The van der Waals surface area contributed by atoms with Crippen molar-refractivity contribution in [2.24, 2.45) is 4.99 Å². The average Bonchev–Trinajstić information content (AvgIpc) is 3.14. The Morgan fingerprint density at radius 1 is 1.00 bits per heavy atom. The standard InChI is InChI=1S/C27H24N2O3S/c30-25-24(17-19-10-6-9-18-8-4-5-15-23(18)19)33-27(29(25)22-13-2-1-3-14-22)28-21-12-7-11-20(16-21)26(31)32/h4-12,15-17,22H,1-3,13-14H2,(H,31,32)/b24-17-,28-27?. The molecule has 3 aromatic carbocycles. The number of rotatable bonds is 4. The summed E-state index contributed by atoms with van der Waals surface area (Å²) in [5, 5.41) is 12.2. The van der Waals surface area contributed by atoms with Crippen molar-refractivity contribution in [2.75, 3.05) is 0 Å². The molecule has 2 aliphatic rings. The molecule has 33 heavy (non-hydrogen) atoms. The second kappa shape index (κ2) is 9.24. The molecule has 0 spiro atoms. The van der Waals surface area contributed by atoms with E-state index in [4.69, 9.17) is 4.99 Å². The molecule has 6 heteroatoms. The maximum Gasteiger partial charge on any atom is 0.335 e. The van der Waals surface area contributed by atoms with Gasteiger partial charge in [0.25, 0.3) is 5.91 Å². The van der Waals surface area contributed by atoms with Crippen LogP contribution in [0.4, 0.5) is 5.69 Å². The topological polar surface area (TPSA) is 70.0 Å². The molecule has 2 fully saturated rings. The van der Waals surface area contributed by atoms with Gasteiger partial charge in [0.05, 0.1) is 16.2 Å². The first-order valence-corrected chi connectivity index (χ1v) is 12.0. The first-order valence-electron chi connectivity index (χ1n) is 11.2. The third-order valence-corrected chi connectivity index (χ3v) is 7.19. The molecular weight excluding hydrogens is 432 g/mol. The number of hydrogen-bond donors (Lipinski definition) is 1. The van der Waals surface area contributed by atoms with Crippen molar-refractivity contribution < 1.29 is 14.7 Å². The minimum absolute atomic E-state index is 0.0204. The van der Waals surface area contributed by atoms with Gasteiger partial charge in [-0.15, -0.1) is 0 Å². The van der Waals surface area contributed by atoms with E-state index in [9.17, 15) is 14.7 Å². The summed E-state index contributed by atoms with van der Waals surface area (Å²) in [4.78, 5) is 32.2. The molecule has 1 heterocycles. The van der Waals surface area contributed by atoms with E-state index in [1.165, 1.54) is 18.2 Å². The SMILES string of the molecule is O=C(O)c1cccc(N=C2S/C(=C\c3cccc4ccccc34)C(=O)N2C2CCCCC2)c1. The van der Waals surface area contributed by atoms with Gasteiger partial charge in [-0.25, -0.2) is 9.79 Å². The Morgan fingerprint density at radius 2 is 1.76 bits per heavy atom. The van der Waals surface area contributed by atoms with Crippen LogP contribution in [-0.4, -0.2) is 33.1 Å². The molecule has 1 saturated heterocycles. The minimum Gasteiger partial charge on any atom is -0.478 e. The number of amides is 1. The van der Waals surface area contributed by atoms with Gasteiger partial charge in [-0.05, 0) is 65.2 Å².